The number of rotatable bonds is 4. The smallest absolute Gasteiger partial charge is 0.135 e. The molecule has 0 aliphatic heterocycles. The van der Waals surface area contributed by atoms with Gasteiger partial charge in [0, 0.05) is 0 Å². The van der Waals surface area contributed by atoms with Crippen molar-refractivity contribution in [3.63, 3.8) is 0 Å². The van der Waals surface area contributed by atoms with Crippen LogP contribution in [0.3, 0.4) is 0 Å². The third-order valence-electron chi connectivity index (χ3n) is 2.97. The predicted molar refractivity (Wildman–Crippen MR) is 75.9 cm³/mol. The van der Waals surface area contributed by atoms with Crippen LogP contribution < -0.4 is 9.47 Å². The summed E-state index contributed by atoms with van der Waals surface area (Å²) < 4.78 is 43.1. The quantitative estimate of drug-likeness (QED) is 0.907. The topological polar surface area (TPSA) is 76.0 Å². The molecular weight excluding hydrogens is 280 g/mol. The average molecular weight is 296 g/mol. The van der Waals surface area contributed by atoms with Gasteiger partial charge in [0.15, 0.2) is 0 Å². The van der Waals surface area contributed by atoms with E-state index in [1.54, 1.807) is 0 Å². The predicted octanol–water partition coefficient (Wildman–Crippen LogP) is 2.89. The molecule has 0 aliphatic rings. The molecule has 0 bridgehead atoms. The largest absolute Gasteiger partial charge is 0.497 e. The van der Waals surface area contributed by atoms with Gasteiger partial charge < -0.3 is 18.6 Å². The first-order valence-electron chi connectivity index (χ1n) is 5.81. The highest BCUT2D eigenvalue weighted by atomic mass is 32.3. The van der Waals surface area contributed by atoms with Crippen LogP contribution in [-0.4, -0.2) is 27.5 Å². The van der Waals surface area contributed by atoms with E-state index in [-0.39, 0.29) is 9.79 Å². The summed E-state index contributed by atoms with van der Waals surface area (Å²) in [6, 6.07) is 11.5. The Bertz CT molecular complexity index is 601. The Morgan fingerprint density at radius 2 is 1.05 bits per heavy atom. The number of benzene rings is 2. The van der Waals surface area contributed by atoms with E-state index in [0.717, 1.165) is 0 Å². The van der Waals surface area contributed by atoms with Crippen molar-refractivity contribution in [2.75, 3.05) is 14.2 Å². The molecule has 2 N–H and O–H groups in total. The lowest BCUT2D eigenvalue weighted by atomic mass is 10.3. The van der Waals surface area contributed by atoms with E-state index in [1.165, 1.54) is 62.8 Å². The SMILES string of the molecule is COc1ccc(S(=O)(O)(O)c2ccc(OC)cc2)cc1. The van der Waals surface area contributed by atoms with E-state index in [0.29, 0.717) is 11.5 Å². The Balaban J connectivity index is 2.50. The molecule has 5 nitrogen and oxygen atoms in total. The molecule has 0 atom stereocenters. The van der Waals surface area contributed by atoms with E-state index in [2.05, 4.69) is 0 Å². The molecule has 0 heterocycles. The summed E-state index contributed by atoms with van der Waals surface area (Å²) in [5, 5.41) is 0. The minimum atomic E-state index is -5.09. The molecule has 0 saturated carbocycles. The number of hydrogen-bond donors (Lipinski definition) is 2. The van der Waals surface area contributed by atoms with Crippen molar-refractivity contribution in [2.24, 2.45) is 0 Å². The molecule has 0 saturated heterocycles. The zero-order valence-electron chi connectivity index (χ0n) is 11.1. The molecule has 0 fully saturated rings. The Labute approximate surface area is 117 Å². The first kappa shape index (κ1) is 14.5. The zero-order chi connectivity index (χ0) is 14.8. The van der Waals surface area contributed by atoms with Crippen molar-refractivity contribution in [3.05, 3.63) is 48.5 Å². The summed E-state index contributed by atoms with van der Waals surface area (Å²) in [5.74, 6) is 1.07. The van der Waals surface area contributed by atoms with E-state index in [1.807, 2.05) is 0 Å². The molecule has 0 unspecified atom stereocenters. The third-order valence-corrected chi connectivity index (χ3v) is 5.21. The fourth-order valence-electron chi connectivity index (χ4n) is 1.78. The minimum Gasteiger partial charge on any atom is -0.497 e. The van der Waals surface area contributed by atoms with Gasteiger partial charge in [-0.05, 0) is 48.5 Å². The second-order valence-corrected chi connectivity index (χ2v) is 6.89. The monoisotopic (exact) mass is 296 g/mol. The van der Waals surface area contributed by atoms with Crippen LogP contribution in [0.15, 0.2) is 58.3 Å². The summed E-state index contributed by atoms with van der Waals surface area (Å²) in [6.45, 7) is 0. The number of ether oxygens (including phenoxy) is 2. The van der Waals surface area contributed by atoms with Crippen molar-refractivity contribution in [2.45, 2.75) is 9.79 Å². The van der Waals surface area contributed by atoms with E-state index >= 15 is 0 Å². The van der Waals surface area contributed by atoms with Crippen molar-refractivity contribution >= 4 is 9.63 Å². The van der Waals surface area contributed by atoms with Crippen LogP contribution in [0.4, 0.5) is 0 Å². The van der Waals surface area contributed by atoms with Gasteiger partial charge in [0.2, 0.25) is 0 Å². The van der Waals surface area contributed by atoms with Gasteiger partial charge in [-0.1, -0.05) is 0 Å². The maximum absolute atomic E-state index is 12.6. The number of hydrogen-bond acceptors (Lipinski definition) is 3. The first-order chi connectivity index (χ1) is 9.35. The molecular formula is C14H16O5S. The second kappa shape index (κ2) is 4.90. The van der Waals surface area contributed by atoms with Gasteiger partial charge in [-0.15, -0.1) is 0 Å². The van der Waals surface area contributed by atoms with E-state index in [4.69, 9.17) is 9.47 Å². The van der Waals surface area contributed by atoms with Gasteiger partial charge in [0.1, 0.15) is 21.1 Å². The molecule has 6 heteroatoms. The van der Waals surface area contributed by atoms with Gasteiger partial charge in [0.05, 0.1) is 24.0 Å². The van der Waals surface area contributed by atoms with Gasteiger partial charge >= 0.3 is 0 Å². The van der Waals surface area contributed by atoms with Gasteiger partial charge in [-0.25, -0.2) is 4.21 Å². The molecule has 0 amide bonds. The van der Waals surface area contributed by atoms with Crippen LogP contribution in [0.5, 0.6) is 11.5 Å². The Kier molecular flexibility index (Phi) is 3.56. The molecule has 0 aliphatic carbocycles. The van der Waals surface area contributed by atoms with Crippen LogP contribution in [0.1, 0.15) is 0 Å². The van der Waals surface area contributed by atoms with Crippen LogP contribution in [0.2, 0.25) is 0 Å². The normalized spacial score (nSPS) is 13.3. The highest BCUT2D eigenvalue weighted by Gasteiger charge is 2.35. The lowest BCUT2D eigenvalue weighted by Crippen LogP contribution is -2.31. The van der Waals surface area contributed by atoms with Crippen molar-refractivity contribution in [1.82, 2.24) is 0 Å². The van der Waals surface area contributed by atoms with Gasteiger partial charge in [-0.2, -0.15) is 0 Å². The summed E-state index contributed by atoms with van der Waals surface area (Å²) in [7, 11) is -2.11. The van der Waals surface area contributed by atoms with Crippen molar-refractivity contribution < 1.29 is 22.8 Å². The molecule has 2 rings (SSSR count). The van der Waals surface area contributed by atoms with E-state index < -0.39 is 9.63 Å². The summed E-state index contributed by atoms with van der Waals surface area (Å²) >= 11 is 0. The summed E-state index contributed by atoms with van der Waals surface area (Å²) in [4.78, 5) is -0.180. The maximum Gasteiger partial charge on any atom is 0.135 e. The lowest BCUT2D eigenvalue weighted by Gasteiger charge is -2.31. The van der Waals surface area contributed by atoms with Crippen LogP contribution in [-0.2, 0) is 9.63 Å². The highest BCUT2D eigenvalue weighted by molar-refractivity contribution is 8.10. The van der Waals surface area contributed by atoms with Crippen molar-refractivity contribution in [3.8, 4) is 11.5 Å². The van der Waals surface area contributed by atoms with Gasteiger partial charge in [0.25, 0.3) is 0 Å². The first-order valence-corrected chi connectivity index (χ1v) is 7.69. The van der Waals surface area contributed by atoms with Crippen molar-refractivity contribution in [1.29, 1.82) is 0 Å². The average Bonchev–Trinajstić information content (AvgIpc) is 2.47. The summed E-state index contributed by atoms with van der Waals surface area (Å²) in [6.07, 6.45) is 0. The van der Waals surface area contributed by atoms with Crippen LogP contribution in [0, 0.1) is 0 Å². The molecule has 108 valence electrons. The Hall–Kier alpha value is -1.89. The fraction of sp³-hybridized carbons (Fsp3) is 0.143. The Morgan fingerprint density at radius 1 is 0.750 bits per heavy atom. The molecule has 2 aromatic rings. The molecule has 0 aromatic heterocycles. The molecule has 20 heavy (non-hydrogen) atoms. The molecule has 0 spiro atoms. The van der Waals surface area contributed by atoms with Gasteiger partial charge in [-0.3, -0.25) is 0 Å². The zero-order valence-corrected chi connectivity index (χ0v) is 12.0. The molecule has 2 aromatic carbocycles. The van der Waals surface area contributed by atoms with E-state index in [9.17, 15) is 13.3 Å². The Morgan fingerprint density at radius 3 is 1.30 bits per heavy atom. The third kappa shape index (κ3) is 2.53. The fourth-order valence-corrected chi connectivity index (χ4v) is 3.30. The van der Waals surface area contributed by atoms with Crippen LogP contribution >= 0.6 is 0 Å². The summed E-state index contributed by atoms with van der Waals surface area (Å²) in [5.41, 5.74) is 0. The lowest BCUT2D eigenvalue weighted by molar-refractivity contribution is 0.388. The molecule has 0 radical (unpaired) electrons. The minimum absolute atomic E-state index is 0.0898. The van der Waals surface area contributed by atoms with Crippen LogP contribution in [0.25, 0.3) is 0 Å². The maximum atomic E-state index is 12.6. The standard InChI is InChI=1S/C14H16O5S/c1-18-11-3-7-13(8-4-11)20(15,16,17)14-9-5-12(19-2)6-10-14/h3-10H,1-2H3,(H2,15,16,17). The number of methoxy groups -OCH3 is 2. The highest BCUT2D eigenvalue weighted by Crippen LogP contribution is 2.38. The second-order valence-electron chi connectivity index (χ2n) is 4.22.